The molecule has 0 saturated carbocycles. The smallest absolute Gasteiger partial charge is 0.243 e. The zero-order valence-corrected chi connectivity index (χ0v) is 16.0. The van der Waals surface area contributed by atoms with E-state index in [-0.39, 0.29) is 17.1 Å². The lowest BCUT2D eigenvalue weighted by Gasteiger charge is -2.31. The number of ether oxygens (including phenoxy) is 1. The normalized spacial score (nSPS) is 17.9. The first-order chi connectivity index (χ1) is 13.3. The number of amides is 1. The van der Waals surface area contributed by atoms with E-state index in [2.05, 4.69) is 5.32 Å². The molecule has 2 aromatic rings. The number of hydrogen-bond donors (Lipinski definition) is 1. The predicted octanol–water partition coefficient (Wildman–Crippen LogP) is 3.01. The van der Waals surface area contributed by atoms with E-state index in [1.807, 2.05) is 0 Å². The van der Waals surface area contributed by atoms with E-state index in [4.69, 9.17) is 4.74 Å². The molecule has 6 nitrogen and oxygen atoms in total. The van der Waals surface area contributed by atoms with Crippen LogP contribution in [0.1, 0.15) is 12.8 Å². The maximum absolute atomic E-state index is 13.8. The zero-order chi connectivity index (χ0) is 20.3. The number of anilines is 1. The van der Waals surface area contributed by atoms with Crippen LogP contribution < -0.4 is 10.1 Å². The van der Waals surface area contributed by atoms with Gasteiger partial charge in [-0.25, -0.2) is 17.2 Å². The van der Waals surface area contributed by atoms with Crippen molar-refractivity contribution in [2.75, 3.05) is 25.5 Å². The second kappa shape index (κ2) is 8.24. The summed E-state index contributed by atoms with van der Waals surface area (Å²) in [6, 6.07) is 8.86. The molecule has 1 saturated heterocycles. The minimum atomic E-state index is -3.77. The molecule has 1 amide bonds. The summed E-state index contributed by atoms with van der Waals surface area (Å²) in [5, 5.41) is 2.42. The summed E-state index contributed by atoms with van der Waals surface area (Å²) in [7, 11) is -2.28. The third-order valence-corrected chi connectivity index (χ3v) is 6.52. The van der Waals surface area contributed by atoms with Crippen molar-refractivity contribution in [3.05, 3.63) is 54.1 Å². The van der Waals surface area contributed by atoms with Crippen LogP contribution in [-0.4, -0.2) is 38.8 Å². The first-order valence-corrected chi connectivity index (χ1v) is 10.2. The van der Waals surface area contributed by atoms with Gasteiger partial charge < -0.3 is 10.1 Å². The molecule has 1 heterocycles. The molecule has 0 radical (unpaired) electrons. The van der Waals surface area contributed by atoms with Gasteiger partial charge >= 0.3 is 0 Å². The molecule has 9 heteroatoms. The summed E-state index contributed by atoms with van der Waals surface area (Å²) in [6.07, 6.45) is 0.975. The number of nitrogens with zero attached hydrogens (tertiary/aromatic N) is 1. The van der Waals surface area contributed by atoms with Crippen molar-refractivity contribution >= 4 is 21.6 Å². The molecule has 1 fully saturated rings. The third kappa shape index (κ3) is 4.31. The van der Waals surface area contributed by atoms with E-state index in [1.54, 1.807) is 12.1 Å². The molecule has 1 atom stereocenters. The van der Waals surface area contributed by atoms with Crippen molar-refractivity contribution in [1.29, 1.82) is 0 Å². The first-order valence-electron chi connectivity index (χ1n) is 8.71. The van der Waals surface area contributed by atoms with Gasteiger partial charge in [0.1, 0.15) is 17.4 Å². The Balaban J connectivity index is 1.72. The van der Waals surface area contributed by atoms with Gasteiger partial charge in [0, 0.05) is 19.2 Å². The predicted molar refractivity (Wildman–Crippen MR) is 99.5 cm³/mol. The van der Waals surface area contributed by atoms with Gasteiger partial charge in [-0.05, 0) is 49.2 Å². The van der Waals surface area contributed by atoms with Gasteiger partial charge in [0.05, 0.1) is 23.6 Å². The minimum Gasteiger partial charge on any atom is -0.497 e. The average molecular weight is 410 g/mol. The molecule has 1 aliphatic heterocycles. The number of rotatable bonds is 5. The maximum Gasteiger partial charge on any atom is 0.243 e. The Kier molecular flexibility index (Phi) is 5.95. The molecule has 1 N–H and O–H groups in total. The Bertz CT molecular complexity index is 964. The summed E-state index contributed by atoms with van der Waals surface area (Å²) in [6.45, 7) is 0.284. The number of piperidine rings is 1. The van der Waals surface area contributed by atoms with Gasteiger partial charge in [0.2, 0.25) is 15.9 Å². The zero-order valence-electron chi connectivity index (χ0n) is 15.2. The fraction of sp³-hybridized carbons (Fsp3) is 0.316. The molecule has 3 rings (SSSR count). The number of methoxy groups -OCH3 is 1. The van der Waals surface area contributed by atoms with Crippen LogP contribution in [0.15, 0.2) is 47.4 Å². The van der Waals surface area contributed by atoms with Crippen molar-refractivity contribution in [3.8, 4) is 5.75 Å². The van der Waals surface area contributed by atoms with E-state index < -0.39 is 33.5 Å². The van der Waals surface area contributed by atoms with Crippen LogP contribution in [0, 0.1) is 17.6 Å². The number of hydrogen-bond acceptors (Lipinski definition) is 4. The second-order valence-corrected chi connectivity index (χ2v) is 8.43. The van der Waals surface area contributed by atoms with E-state index in [0.717, 1.165) is 12.1 Å². The van der Waals surface area contributed by atoms with Crippen molar-refractivity contribution in [1.82, 2.24) is 4.31 Å². The molecule has 150 valence electrons. The van der Waals surface area contributed by atoms with Crippen molar-refractivity contribution in [2.45, 2.75) is 17.7 Å². The van der Waals surface area contributed by atoms with Gasteiger partial charge in [-0.2, -0.15) is 4.31 Å². The average Bonchev–Trinajstić information content (AvgIpc) is 2.70. The van der Waals surface area contributed by atoms with Crippen LogP contribution in [-0.2, 0) is 14.8 Å². The topological polar surface area (TPSA) is 75.7 Å². The Morgan fingerprint density at radius 3 is 2.54 bits per heavy atom. The largest absolute Gasteiger partial charge is 0.497 e. The number of sulfonamides is 1. The Morgan fingerprint density at radius 1 is 1.18 bits per heavy atom. The van der Waals surface area contributed by atoms with Gasteiger partial charge in [-0.1, -0.05) is 0 Å². The Morgan fingerprint density at radius 2 is 1.89 bits per heavy atom. The fourth-order valence-corrected chi connectivity index (χ4v) is 4.62. The second-order valence-electron chi connectivity index (χ2n) is 6.49. The highest BCUT2D eigenvalue weighted by molar-refractivity contribution is 7.89. The van der Waals surface area contributed by atoms with Crippen LogP contribution >= 0.6 is 0 Å². The number of benzene rings is 2. The molecule has 2 aromatic carbocycles. The summed E-state index contributed by atoms with van der Waals surface area (Å²) < 4.78 is 58.8. The number of nitrogens with one attached hydrogen (secondary N) is 1. The van der Waals surface area contributed by atoms with Crippen LogP contribution in [0.4, 0.5) is 14.5 Å². The first kappa shape index (κ1) is 20.2. The highest BCUT2D eigenvalue weighted by atomic mass is 32.2. The molecular weight excluding hydrogens is 390 g/mol. The van der Waals surface area contributed by atoms with E-state index >= 15 is 0 Å². The van der Waals surface area contributed by atoms with Gasteiger partial charge in [0.25, 0.3) is 0 Å². The van der Waals surface area contributed by atoms with Gasteiger partial charge in [-0.15, -0.1) is 0 Å². The maximum atomic E-state index is 13.8. The summed E-state index contributed by atoms with van der Waals surface area (Å²) in [5.41, 5.74) is -0.137. The van der Waals surface area contributed by atoms with E-state index in [0.29, 0.717) is 31.2 Å². The molecule has 0 aliphatic carbocycles. The lowest BCUT2D eigenvalue weighted by Crippen LogP contribution is -2.43. The van der Waals surface area contributed by atoms with Gasteiger partial charge in [-0.3, -0.25) is 4.79 Å². The molecule has 28 heavy (non-hydrogen) atoms. The molecule has 0 unspecified atom stereocenters. The lowest BCUT2D eigenvalue weighted by atomic mass is 9.98. The standard InChI is InChI=1S/C19H20F2N2O4S/c1-27-15-5-7-16(8-6-15)28(25,26)23-10-2-3-13(12-23)19(24)22-18-9-4-14(20)11-17(18)21/h4-9,11,13H,2-3,10,12H2,1H3,(H,22,24)/t13-/m1/s1. The molecule has 1 aliphatic rings. The number of halogens is 2. The van der Waals surface area contributed by atoms with E-state index in [9.17, 15) is 22.0 Å². The molecule has 0 aromatic heterocycles. The monoisotopic (exact) mass is 410 g/mol. The van der Waals surface area contributed by atoms with E-state index in [1.165, 1.54) is 23.5 Å². The summed E-state index contributed by atoms with van der Waals surface area (Å²) in [5.74, 6) is -2.22. The fourth-order valence-electron chi connectivity index (χ4n) is 3.10. The Labute approximate surface area is 162 Å². The number of carbonyl (C=O) groups excluding carboxylic acids is 1. The SMILES string of the molecule is COc1ccc(S(=O)(=O)N2CCC[C@@H](C(=O)Nc3ccc(F)cc3F)C2)cc1. The minimum absolute atomic E-state index is 0.0109. The highest BCUT2D eigenvalue weighted by Crippen LogP contribution is 2.26. The quantitative estimate of drug-likeness (QED) is 0.822. The van der Waals surface area contributed by atoms with Crippen molar-refractivity contribution in [3.63, 3.8) is 0 Å². The van der Waals surface area contributed by atoms with Crippen LogP contribution in [0.25, 0.3) is 0 Å². The molecule has 0 bridgehead atoms. The Hall–Kier alpha value is -2.52. The summed E-state index contributed by atoms with van der Waals surface area (Å²) >= 11 is 0. The number of carbonyl (C=O) groups is 1. The highest BCUT2D eigenvalue weighted by Gasteiger charge is 2.33. The van der Waals surface area contributed by atoms with Crippen molar-refractivity contribution < 1.29 is 26.7 Å². The molecular formula is C19H20F2N2O4S. The van der Waals surface area contributed by atoms with Crippen LogP contribution in [0.3, 0.4) is 0 Å². The van der Waals surface area contributed by atoms with Crippen LogP contribution in [0.2, 0.25) is 0 Å². The van der Waals surface area contributed by atoms with Crippen LogP contribution in [0.5, 0.6) is 5.75 Å². The summed E-state index contributed by atoms with van der Waals surface area (Å²) in [4.78, 5) is 12.6. The molecule has 0 spiro atoms. The van der Waals surface area contributed by atoms with Crippen molar-refractivity contribution in [2.24, 2.45) is 5.92 Å². The van der Waals surface area contributed by atoms with Gasteiger partial charge in [0.15, 0.2) is 0 Å². The lowest BCUT2D eigenvalue weighted by molar-refractivity contribution is -0.120. The third-order valence-electron chi connectivity index (χ3n) is 4.64.